The molecule has 0 aliphatic heterocycles. The van der Waals surface area contributed by atoms with Gasteiger partial charge in [0.15, 0.2) is 0 Å². The molecule has 0 radical (unpaired) electrons. The van der Waals surface area contributed by atoms with Gasteiger partial charge in [-0.2, -0.15) is 12.8 Å². The van der Waals surface area contributed by atoms with Gasteiger partial charge in [0.05, 0.1) is 0 Å². The fourth-order valence-corrected chi connectivity index (χ4v) is 0.667. The van der Waals surface area contributed by atoms with Gasteiger partial charge in [0.2, 0.25) is 0 Å². The van der Waals surface area contributed by atoms with Crippen LogP contribution in [-0.4, -0.2) is 35.1 Å². The molecule has 0 unspecified atom stereocenters. The molecule has 0 amide bonds. The van der Waals surface area contributed by atoms with Crippen molar-refractivity contribution >= 4 is 23.1 Å². The van der Waals surface area contributed by atoms with Crippen molar-refractivity contribution in [2.24, 2.45) is 0 Å². The Hall–Kier alpha value is 0.726. The van der Waals surface area contributed by atoms with Crippen LogP contribution in [0, 0.1) is 13.8 Å². The minimum Gasteiger partial charge on any atom is -0.343 e. The monoisotopic (exact) mass is 239 g/mol. The second kappa shape index (κ2) is 24.8. The quantitative estimate of drug-likeness (QED) is 0.571. The first-order valence-electron chi connectivity index (χ1n) is 6.30. The maximum Gasteiger partial charge on any atom is 2.00 e. The third-order valence-electron chi connectivity index (χ3n) is 1.37. The van der Waals surface area contributed by atoms with Crippen LogP contribution < -0.4 is 5.32 Å². The molecule has 0 bridgehead atoms. The Labute approximate surface area is 121 Å². The van der Waals surface area contributed by atoms with Crippen molar-refractivity contribution in [3.05, 3.63) is 13.8 Å². The van der Waals surface area contributed by atoms with E-state index in [0.717, 1.165) is 12.8 Å². The molecule has 0 aromatic carbocycles. The minimum absolute atomic E-state index is 0. The van der Waals surface area contributed by atoms with Gasteiger partial charge < -0.3 is 19.2 Å². The molecule has 2 heteroatoms. The summed E-state index contributed by atoms with van der Waals surface area (Å²) in [6, 6.07) is 1.25. The summed E-state index contributed by atoms with van der Waals surface area (Å²) in [5, 5.41) is 3.31. The van der Waals surface area contributed by atoms with Gasteiger partial charge in [-0.25, -0.2) is 0 Å². The fourth-order valence-electron chi connectivity index (χ4n) is 0.667. The summed E-state index contributed by atoms with van der Waals surface area (Å²) in [4.78, 5) is 0. The standard InChI is InChI=1S/C6H15N.2C4H9.Mg/c1-5(2)7-6(3)4;2*1-3-4-2;/h5-7H,1-4H3;2*1,3-4H2,2H3;/q;2*-1;+2. The molecule has 0 heterocycles. The second-order valence-corrected chi connectivity index (χ2v) is 4.18. The Morgan fingerprint density at radius 1 is 0.812 bits per heavy atom. The first-order valence-corrected chi connectivity index (χ1v) is 6.30. The SMILES string of the molecule is CC(C)NC(C)C.[CH2-]CCC.[CH2-]CCC.[Mg+2]. The van der Waals surface area contributed by atoms with Gasteiger partial charge >= 0.3 is 23.1 Å². The average molecular weight is 240 g/mol. The van der Waals surface area contributed by atoms with Crippen LogP contribution in [-0.2, 0) is 0 Å². The number of nitrogens with one attached hydrogen (secondary N) is 1. The average Bonchev–Trinajstić information content (AvgIpc) is 2.16. The van der Waals surface area contributed by atoms with E-state index in [0.29, 0.717) is 12.1 Å². The zero-order valence-corrected chi connectivity index (χ0v) is 14.0. The van der Waals surface area contributed by atoms with Crippen LogP contribution in [0.4, 0.5) is 0 Å². The summed E-state index contributed by atoms with van der Waals surface area (Å²) in [6.07, 6.45) is 4.56. The second-order valence-electron chi connectivity index (χ2n) is 4.18. The number of hydrogen-bond acceptors (Lipinski definition) is 1. The topological polar surface area (TPSA) is 12.0 Å². The molecule has 0 saturated heterocycles. The molecule has 0 saturated carbocycles. The van der Waals surface area contributed by atoms with E-state index in [9.17, 15) is 0 Å². The molecule has 0 fully saturated rings. The number of unbranched alkanes of at least 4 members (excludes halogenated alkanes) is 2. The zero-order valence-electron chi connectivity index (χ0n) is 12.6. The molecule has 16 heavy (non-hydrogen) atoms. The Bertz CT molecular complexity index is 68.8. The van der Waals surface area contributed by atoms with E-state index in [4.69, 9.17) is 0 Å². The number of hydrogen-bond donors (Lipinski definition) is 1. The molecule has 0 rings (SSSR count). The predicted molar refractivity (Wildman–Crippen MR) is 79.7 cm³/mol. The fraction of sp³-hybridized carbons (Fsp3) is 0.857. The Kier molecular flexibility index (Phi) is 39.6. The van der Waals surface area contributed by atoms with Crippen molar-refractivity contribution in [2.45, 2.75) is 79.3 Å². The van der Waals surface area contributed by atoms with Crippen LogP contribution >= 0.6 is 0 Å². The van der Waals surface area contributed by atoms with Gasteiger partial charge in [-0.1, -0.05) is 54.4 Å². The van der Waals surface area contributed by atoms with Crippen molar-refractivity contribution in [1.29, 1.82) is 0 Å². The Balaban J connectivity index is -0.0000000700. The molecule has 96 valence electrons. The summed E-state index contributed by atoms with van der Waals surface area (Å²) < 4.78 is 0. The van der Waals surface area contributed by atoms with Gasteiger partial charge in [-0.15, -0.1) is 0 Å². The first kappa shape index (κ1) is 25.5. The maximum atomic E-state index is 3.60. The first-order chi connectivity index (χ1) is 6.95. The van der Waals surface area contributed by atoms with Crippen molar-refractivity contribution in [3.63, 3.8) is 0 Å². The smallest absolute Gasteiger partial charge is 0.343 e. The molecule has 0 aromatic rings. The van der Waals surface area contributed by atoms with Gasteiger partial charge in [0, 0.05) is 12.1 Å². The molecular formula is C14H33MgN. The third-order valence-corrected chi connectivity index (χ3v) is 1.37. The summed E-state index contributed by atoms with van der Waals surface area (Å²) in [5.41, 5.74) is 0. The van der Waals surface area contributed by atoms with E-state index < -0.39 is 0 Å². The molecule has 1 nitrogen and oxygen atoms in total. The Morgan fingerprint density at radius 2 is 1.00 bits per heavy atom. The van der Waals surface area contributed by atoms with Gasteiger partial charge in [-0.3, -0.25) is 0 Å². The van der Waals surface area contributed by atoms with E-state index in [1.165, 1.54) is 12.8 Å². The van der Waals surface area contributed by atoms with Crippen LogP contribution in [0.25, 0.3) is 0 Å². The summed E-state index contributed by atoms with van der Waals surface area (Å²) in [6.45, 7) is 20.1. The van der Waals surface area contributed by atoms with Crippen LogP contribution in [0.1, 0.15) is 67.2 Å². The van der Waals surface area contributed by atoms with E-state index in [2.05, 4.69) is 60.7 Å². The van der Waals surface area contributed by atoms with E-state index in [1.54, 1.807) is 0 Å². The molecular weight excluding hydrogens is 206 g/mol. The van der Waals surface area contributed by atoms with E-state index in [1.807, 2.05) is 0 Å². The summed E-state index contributed by atoms with van der Waals surface area (Å²) >= 11 is 0. The molecule has 0 aromatic heterocycles. The zero-order chi connectivity index (χ0) is 12.7. The van der Waals surface area contributed by atoms with Crippen LogP contribution in [0.2, 0.25) is 0 Å². The van der Waals surface area contributed by atoms with Crippen molar-refractivity contribution in [3.8, 4) is 0 Å². The van der Waals surface area contributed by atoms with Gasteiger partial charge in [-0.05, 0) is 0 Å². The van der Waals surface area contributed by atoms with Crippen molar-refractivity contribution in [1.82, 2.24) is 5.32 Å². The van der Waals surface area contributed by atoms with Crippen molar-refractivity contribution in [2.75, 3.05) is 0 Å². The third kappa shape index (κ3) is 61.3. The van der Waals surface area contributed by atoms with E-state index >= 15 is 0 Å². The van der Waals surface area contributed by atoms with Crippen LogP contribution in [0.5, 0.6) is 0 Å². The normalized spacial score (nSPS) is 8.62. The molecule has 0 aliphatic rings. The molecule has 0 spiro atoms. The molecule has 0 atom stereocenters. The predicted octanol–water partition coefficient (Wildman–Crippen LogP) is 4.25. The largest absolute Gasteiger partial charge is 2.00 e. The number of rotatable bonds is 4. The summed E-state index contributed by atoms with van der Waals surface area (Å²) in [7, 11) is 0. The maximum absolute atomic E-state index is 3.60. The van der Waals surface area contributed by atoms with Gasteiger partial charge in [0.25, 0.3) is 0 Å². The van der Waals surface area contributed by atoms with Crippen LogP contribution in [0.3, 0.4) is 0 Å². The van der Waals surface area contributed by atoms with Crippen molar-refractivity contribution < 1.29 is 0 Å². The Morgan fingerprint density at radius 3 is 1.00 bits per heavy atom. The minimum atomic E-state index is 0. The summed E-state index contributed by atoms with van der Waals surface area (Å²) in [5.74, 6) is 0. The van der Waals surface area contributed by atoms with Gasteiger partial charge in [0.1, 0.15) is 0 Å². The molecule has 0 aliphatic carbocycles. The molecule has 1 N–H and O–H groups in total. The van der Waals surface area contributed by atoms with Crippen LogP contribution in [0.15, 0.2) is 0 Å². The van der Waals surface area contributed by atoms with E-state index in [-0.39, 0.29) is 23.1 Å².